The van der Waals surface area contributed by atoms with Crippen molar-refractivity contribution in [3.63, 3.8) is 0 Å². The van der Waals surface area contributed by atoms with Gasteiger partial charge in [-0.3, -0.25) is 0 Å². The number of ether oxygens (including phenoxy) is 1. The lowest BCUT2D eigenvalue weighted by molar-refractivity contribution is 0.0601. The van der Waals surface area contributed by atoms with Crippen LogP contribution in [0.25, 0.3) is 0 Å². The molecular formula is C16H22ClNO2Si. The molecule has 0 amide bonds. The highest BCUT2D eigenvalue weighted by Gasteiger charge is 2.19. The molecule has 1 rings (SSSR count). The van der Waals surface area contributed by atoms with Gasteiger partial charge in [0.1, 0.15) is 8.07 Å². The number of nitrogens with two attached hydrogens (primary N) is 1. The molecule has 0 fully saturated rings. The van der Waals surface area contributed by atoms with E-state index >= 15 is 0 Å². The normalized spacial score (nSPS) is 10.8. The molecule has 0 atom stereocenters. The highest BCUT2D eigenvalue weighted by atomic mass is 35.5. The summed E-state index contributed by atoms with van der Waals surface area (Å²) in [5, 5.41) is 0.282. The number of aryl methyl sites for hydroxylation is 1. The van der Waals surface area contributed by atoms with Gasteiger partial charge < -0.3 is 10.5 Å². The lowest BCUT2D eigenvalue weighted by Crippen LogP contribution is -2.16. The maximum absolute atomic E-state index is 11.9. The average molecular weight is 324 g/mol. The van der Waals surface area contributed by atoms with E-state index in [2.05, 4.69) is 38.0 Å². The summed E-state index contributed by atoms with van der Waals surface area (Å²) in [6.07, 6.45) is 1.70. The van der Waals surface area contributed by atoms with Crippen molar-refractivity contribution >= 4 is 31.3 Å². The highest BCUT2D eigenvalue weighted by Crippen LogP contribution is 2.31. The molecule has 114 valence electrons. The van der Waals surface area contributed by atoms with E-state index in [1.807, 2.05) is 0 Å². The molecule has 3 nitrogen and oxygen atoms in total. The van der Waals surface area contributed by atoms with Gasteiger partial charge in [-0.25, -0.2) is 4.79 Å². The highest BCUT2D eigenvalue weighted by molar-refractivity contribution is 6.83. The van der Waals surface area contributed by atoms with E-state index < -0.39 is 14.0 Å². The van der Waals surface area contributed by atoms with Crippen LogP contribution in [0.5, 0.6) is 0 Å². The number of rotatable bonds is 3. The van der Waals surface area contributed by atoms with E-state index in [0.717, 1.165) is 18.4 Å². The van der Waals surface area contributed by atoms with Gasteiger partial charge in [-0.2, -0.15) is 0 Å². The predicted molar refractivity (Wildman–Crippen MR) is 91.4 cm³/mol. The van der Waals surface area contributed by atoms with Gasteiger partial charge in [0.05, 0.1) is 28.9 Å². The topological polar surface area (TPSA) is 52.3 Å². The van der Waals surface area contributed by atoms with Crippen molar-refractivity contribution in [3.8, 4) is 11.5 Å². The van der Waals surface area contributed by atoms with Crippen LogP contribution in [0.4, 0.5) is 5.69 Å². The third-order valence-electron chi connectivity index (χ3n) is 2.88. The molecule has 0 saturated heterocycles. The number of nitrogen functional groups attached to an aromatic ring is 1. The van der Waals surface area contributed by atoms with Crippen molar-refractivity contribution in [2.45, 2.75) is 39.4 Å². The summed E-state index contributed by atoms with van der Waals surface area (Å²) in [4.78, 5) is 11.9. The number of methoxy groups -OCH3 is 1. The van der Waals surface area contributed by atoms with E-state index in [1.165, 1.54) is 7.11 Å². The zero-order valence-electron chi connectivity index (χ0n) is 13.3. The number of carbonyl (C=O) groups is 1. The van der Waals surface area contributed by atoms with Crippen LogP contribution in [0, 0.1) is 11.5 Å². The summed E-state index contributed by atoms with van der Waals surface area (Å²) in [7, 11) is -0.231. The number of anilines is 1. The van der Waals surface area contributed by atoms with Crippen molar-refractivity contribution in [2.24, 2.45) is 0 Å². The maximum atomic E-state index is 11.9. The molecule has 0 aromatic heterocycles. The minimum Gasteiger partial charge on any atom is -0.465 e. The maximum Gasteiger partial charge on any atom is 0.339 e. The van der Waals surface area contributed by atoms with Gasteiger partial charge in [0.25, 0.3) is 0 Å². The smallest absolute Gasteiger partial charge is 0.339 e. The number of hydrogen-bond acceptors (Lipinski definition) is 3. The molecule has 0 bridgehead atoms. The van der Waals surface area contributed by atoms with Gasteiger partial charge in [-0.05, 0) is 18.1 Å². The van der Waals surface area contributed by atoms with Crippen molar-refractivity contribution in [2.75, 3.05) is 12.8 Å². The van der Waals surface area contributed by atoms with Crippen LogP contribution in [-0.4, -0.2) is 21.2 Å². The van der Waals surface area contributed by atoms with Gasteiger partial charge in [0.2, 0.25) is 0 Å². The molecule has 0 spiro atoms. The molecule has 1 aromatic carbocycles. The summed E-state index contributed by atoms with van der Waals surface area (Å²) in [6.45, 7) is 8.48. The number of halogens is 1. The Hall–Kier alpha value is -1.44. The van der Waals surface area contributed by atoms with Crippen molar-refractivity contribution in [1.29, 1.82) is 0 Å². The van der Waals surface area contributed by atoms with Crippen LogP contribution in [0.1, 0.15) is 34.8 Å². The first kappa shape index (κ1) is 17.6. The monoisotopic (exact) mass is 323 g/mol. The van der Waals surface area contributed by atoms with Gasteiger partial charge >= 0.3 is 5.97 Å². The Morgan fingerprint density at radius 3 is 2.52 bits per heavy atom. The molecule has 0 unspecified atom stereocenters. The number of carbonyl (C=O) groups excluding carboxylic acids is 1. The van der Waals surface area contributed by atoms with E-state index in [-0.39, 0.29) is 5.02 Å². The summed E-state index contributed by atoms with van der Waals surface area (Å²) in [6, 6.07) is 1.71. The molecule has 0 radical (unpaired) electrons. The molecule has 0 aliphatic heterocycles. The van der Waals surface area contributed by atoms with E-state index in [4.69, 9.17) is 22.1 Å². The largest absolute Gasteiger partial charge is 0.465 e. The molecule has 5 heteroatoms. The van der Waals surface area contributed by atoms with Crippen molar-refractivity contribution in [3.05, 3.63) is 27.8 Å². The Kier molecular flexibility index (Phi) is 5.88. The molecule has 2 N–H and O–H groups in total. The predicted octanol–water partition coefficient (Wildman–Crippen LogP) is 3.89. The van der Waals surface area contributed by atoms with Crippen molar-refractivity contribution < 1.29 is 9.53 Å². The van der Waals surface area contributed by atoms with Crippen LogP contribution < -0.4 is 5.73 Å². The van der Waals surface area contributed by atoms with Gasteiger partial charge in [0, 0.05) is 0 Å². The third-order valence-corrected chi connectivity index (χ3v) is 4.14. The molecule has 1 aromatic rings. The number of benzene rings is 1. The molecule has 0 aliphatic rings. The standard InChI is InChI=1S/C16H22ClNO2Si/c1-6-7-11-10-13(16(19)20-2)14(17)12(15(11)18)8-9-21(3,4)5/h10H,6-7,18H2,1-5H3. The Bertz CT molecular complexity index is 609. The second-order valence-corrected chi connectivity index (χ2v) is 11.1. The van der Waals surface area contributed by atoms with E-state index in [1.54, 1.807) is 6.07 Å². The lowest BCUT2D eigenvalue weighted by Gasteiger charge is -2.13. The average Bonchev–Trinajstić information content (AvgIpc) is 2.39. The molecule has 0 heterocycles. The summed E-state index contributed by atoms with van der Waals surface area (Å²) < 4.78 is 4.79. The molecular weight excluding hydrogens is 302 g/mol. The van der Waals surface area contributed by atoms with Crippen LogP contribution in [0.15, 0.2) is 6.07 Å². The zero-order valence-corrected chi connectivity index (χ0v) is 15.0. The third kappa shape index (κ3) is 4.52. The van der Waals surface area contributed by atoms with E-state index in [9.17, 15) is 4.79 Å². The van der Waals surface area contributed by atoms with Crippen LogP contribution in [-0.2, 0) is 11.2 Å². The van der Waals surface area contributed by atoms with Crippen LogP contribution in [0.2, 0.25) is 24.7 Å². The Labute approximate surface area is 132 Å². The summed E-state index contributed by atoms with van der Waals surface area (Å²) in [5.74, 6) is 2.62. The second-order valence-electron chi connectivity index (χ2n) is 5.93. The number of hydrogen-bond donors (Lipinski definition) is 1. The van der Waals surface area contributed by atoms with Gasteiger partial charge in [-0.15, -0.1) is 5.54 Å². The Morgan fingerprint density at radius 1 is 1.43 bits per heavy atom. The van der Waals surface area contributed by atoms with E-state index in [0.29, 0.717) is 16.8 Å². The minimum absolute atomic E-state index is 0.282. The van der Waals surface area contributed by atoms with Crippen molar-refractivity contribution in [1.82, 2.24) is 0 Å². The number of esters is 1. The summed E-state index contributed by atoms with van der Waals surface area (Å²) >= 11 is 6.32. The molecule has 0 saturated carbocycles. The van der Waals surface area contributed by atoms with Crippen LogP contribution >= 0.6 is 11.6 Å². The Balaban J connectivity index is 3.55. The quantitative estimate of drug-likeness (QED) is 0.397. The Morgan fingerprint density at radius 2 is 2.05 bits per heavy atom. The first-order chi connectivity index (χ1) is 9.71. The molecule has 21 heavy (non-hydrogen) atoms. The SMILES string of the molecule is CCCc1cc(C(=O)OC)c(Cl)c(C#C[Si](C)(C)C)c1N. The first-order valence-electron chi connectivity index (χ1n) is 6.93. The van der Waals surface area contributed by atoms with Gasteiger partial charge in [-0.1, -0.05) is 50.5 Å². The zero-order chi connectivity index (χ0) is 16.2. The lowest BCUT2D eigenvalue weighted by atomic mass is 9.99. The fourth-order valence-electron chi connectivity index (χ4n) is 1.84. The van der Waals surface area contributed by atoms with Crippen LogP contribution in [0.3, 0.4) is 0 Å². The first-order valence-corrected chi connectivity index (χ1v) is 10.8. The minimum atomic E-state index is -1.57. The second kappa shape index (κ2) is 7.01. The van der Waals surface area contributed by atoms with Gasteiger partial charge in [0.15, 0.2) is 0 Å². The molecule has 0 aliphatic carbocycles. The fraction of sp³-hybridized carbons (Fsp3) is 0.438. The summed E-state index contributed by atoms with van der Waals surface area (Å²) in [5.41, 5.74) is 11.8. The fourth-order valence-corrected chi connectivity index (χ4v) is 2.62.